The molecular weight excluding hydrogens is 222 g/mol. The van der Waals surface area contributed by atoms with Crippen LogP contribution in [0.4, 0.5) is 0 Å². The van der Waals surface area contributed by atoms with E-state index in [2.05, 4.69) is 23.6 Å². The first-order valence-electron chi connectivity index (χ1n) is 7.74. The standard InChI is InChI=1S/C15H29N3/c1-14(2)5-6-15(11-14,12-16)18-9-8-17-7-3-4-13(17)10-18/h13H,3-12,16H2,1-2H3. The minimum atomic E-state index is 0.318. The molecule has 2 unspecified atom stereocenters. The third kappa shape index (κ3) is 2.10. The van der Waals surface area contributed by atoms with Crippen molar-refractivity contribution in [2.24, 2.45) is 11.1 Å². The first kappa shape index (κ1) is 12.9. The summed E-state index contributed by atoms with van der Waals surface area (Å²) in [5.41, 5.74) is 7.01. The molecule has 0 amide bonds. The predicted octanol–water partition coefficient (Wildman–Crippen LogP) is 1.67. The van der Waals surface area contributed by atoms with Crippen molar-refractivity contribution in [3.05, 3.63) is 0 Å². The number of hydrogen-bond acceptors (Lipinski definition) is 3. The highest BCUT2D eigenvalue weighted by atomic mass is 15.3. The molecule has 1 saturated carbocycles. The van der Waals surface area contributed by atoms with Gasteiger partial charge >= 0.3 is 0 Å². The van der Waals surface area contributed by atoms with Crippen LogP contribution in [0, 0.1) is 5.41 Å². The first-order valence-corrected chi connectivity index (χ1v) is 7.74. The van der Waals surface area contributed by atoms with E-state index in [4.69, 9.17) is 5.73 Å². The molecule has 0 bridgehead atoms. The second-order valence-corrected chi connectivity index (χ2v) is 7.55. The molecule has 0 radical (unpaired) electrons. The molecule has 3 rings (SSSR count). The van der Waals surface area contributed by atoms with Gasteiger partial charge in [-0.2, -0.15) is 0 Å². The van der Waals surface area contributed by atoms with E-state index in [-0.39, 0.29) is 0 Å². The first-order chi connectivity index (χ1) is 8.55. The third-order valence-corrected chi connectivity index (χ3v) is 5.71. The summed E-state index contributed by atoms with van der Waals surface area (Å²) in [6.45, 7) is 10.8. The normalized spacial score (nSPS) is 41.2. The highest BCUT2D eigenvalue weighted by Crippen LogP contribution is 2.47. The van der Waals surface area contributed by atoms with Crippen LogP contribution >= 0.6 is 0 Å². The van der Waals surface area contributed by atoms with E-state index < -0.39 is 0 Å². The van der Waals surface area contributed by atoms with Gasteiger partial charge in [-0.05, 0) is 44.1 Å². The van der Waals surface area contributed by atoms with Gasteiger partial charge in [-0.3, -0.25) is 9.80 Å². The van der Waals surface area contributed by atoms with Crippen LogP contribution in [0.3, 0.4) is 0 Å². The molecule has 0 spiro atoms. The summed E-state index contributed by atoms with van der Waals surface area (Å²) in [6.07, 6.45) is 6.75. The summed E-state index contributed by atoms with van der Waals surface area (Å²) in [4.78, 5) is 5.45. The van der Waals surface area contributed by atoms with Crippen molar-refractivity contribution in [1.82, 2.24) is 9.80 Å². The Morgan fingerprint density at radius 3 is 2.67 bits per heavy atom. The average Bonchev–Trinajstić information content (AvgIpc) is 2.92. The van der Waals surface area contributed by atoms with E-state index in [1.165, 1.54) is 58.3 Å². The van der Waals surface area contributed by atoms with Crippen LogP contribution in [-0.2, 0) is 0 Å². The average molecular weight is 251 g/mol. The van der Waals surface area contributed by atoms with Gasteiger partial charge in [0.05, 0.1) is 0 Å². The van der Waals surface area contributed by atoms with Gasteiger partial charge in [0.15, 0.2) is 0 Å². The summed E-state index contributed by atoms with van der Waals surface area (Å²) in [6, 6.07) is 0.825. The quantitative estimate of drug-likeness (QED) is 0.810. The van der Waals surface area contributed by atoms with Crippen LogP contribution in [0.25, 0.3) is 0 Å². The highest BCUT2D eigenvalue weighted by molar-refractivity contribution is 5.04. The molecule has 0 aromatic rings. The highest BCUT2D eigenvalue weighted by Gasteiger charge is 2.48. The second kappa shape index (κ2) is 4.46. The molecule has 2 heterocycles. The Morgan fingerprint density at radius 2 is 2.00 bits per heavy atom. The maximum atomic E-state index is 6.20. The van der Waals surface area contributed by atoms with Crippen LogP contribution in [0.1, 0.15) is 46.0 Å². The topological polar surface area (TPSA) is 32.5 Å². The summed E-state index contributed by atoms with van der Waals surface area (Å²) in [7, 11) is 0. The second-order valence-electron chi connectivity index (χ2n) is 7.55. The minimum absolute atomic E-state index is 0.318. The molecule has 3 nitrogen and oxygen atoms in total. The van der Waals surface area contributed by atoms with Crippen LogP contribution in [0.15, 0.2) is 0 Å². The smallest absolute Gasteiger partial charge is 0.0338 e. The van der Waals surface area contributed by atoms with Gasteiger partial charge in [-0.1, -0.05) is 13.8 Å². The summed E-state index contributed by atoms with van der Waals surface area (Å²) in [5, 5.41) is 0. The lowest BCUT2D eigenvalue weighted by Crippen LogP contribution is -2.61. The van der Waals surface area contributed by atoms with E-state index in [0.29, 0.717) is 11.0 Å². The van der Waals surface area contributed by atoms with E-state index in [0.717, 1.165) is 12.6 Å². The van der Waals surface area contributed by atoms with Crippen molar-refractivity contribution < 1.29 is 0 Å². The summed E-state index contributed by atoms with van der Waals surface area (Å²) < 4.78 is 0. The summed E-state index contributed by atoms with van der Waals surface area (Å²) in [5.74, 6) is 0. The molecule has 104 valence electrons. The Morgan fingerprint density at radius 1 is 1.17 bits per heavy atom. The fourth-order valence-corrected chi connectivity index (χ4v) is 4.63. The Hall–Kier alpha value is -0.120. The monoisotopic (exact) mass is 251 g/mol. The van der Waals surface area contributed by atoms with Gasteiger partial charge in [0, 0.05) is 37.8 Å². The molecule has 3 aliphatic rings. The summed E-state index contributed by atoms with van der Waals surface area (Å²) >= 11 is 0. The minimum Gasteiger partial charge on any atom is -0.329 e. The van der Waals surface area contributed by atoms with Crippen molar-refractivity contribution >= 4 is 0 Å². The van der Waals surface area contributed by atoms with Gasteiger partial charge in [-0.15, -0.1) is 0 Å². The van der Waals surface area contributed by atoms with Crippen LogP contribution < -0.4 is 5.73 Å². The van der Waals surface area contributed by atoms with E-state index in [9.17, 15) is 0 Å². The number of nitrogens with two attached hydrogens (primary N) is 1. The van der Waals surface area contributed by atoms with Crippen LogP contribution in [-0.4, -0.2) is 54.1 Å². The van der Waals surface area contributed by atoms with Gasteiger partial charge in [-0.25, -0.2) is 0 Å². The van der Waals surface area contributed by atoms with Crippen LogP contribution in [0.2, 0.25) is 0 Å². The van der Waals surface area contributed by atoms with Gasteiger partial charge in [0.25, 0.3) is 0 Å². The van der Waals surface area contributed by atoms with Crippen molar-refractivity contribution in [2.75, 3.05) is 32.7 Å². The van der Waals surface area contributed by atoms with Crippen molar-refractivity contribution in [3.8, 4) is 0 Å². The number of rotatable bonds is 2. The Kier molecular flexibility index (Phi) is 3.20. The van der Waals surface area contributed by atoms with E-state index in [1.807, 2.05) is 0 Å². The van der Waals surface area contributed by atoms with Crippen molar-refractivity contribution in [3.63, 3.8) is 0 Å². The molecular formula is C15H29N3. The molecule has 2 saturated heterocycles. The zero-order chi connectivity index (χ0) is 12.8. The largest absolute Gasteiger partial charge is 0.329 e. The molecule has 2 aliphatic heterocycles. The molecule has 2 atom stereocenters. The molecule has 1 aliphatic carbocycles. The Balaban J connectivity index is 1.73. The van der Waals surface area contributed by atoms with Crippen LogP contribution in [0.5, 0.6) is 0 Å². The SMILES string of the molecule is CC1(C)CCC(CN)(N2CCN3CCCC3C2)C1. The zero-order valence-electron chi connectivity index (χ0n) is 12.1. The predicted molar refractivity (Wildman–Crippen MR) is 75.6 cm³/mol. The lowest BCUT2D eigenvalue weighted by atomic mass is 9.86. The van der Waals surface area contributed by atoms with E-state index >= 15 is 0 Å². The number of hydrogen-bond donors (Lipinski definition) is 1. The lowest BCUT2D eigenvalue weighted by Gasteiger charge is -2.48. The molecule has 3 fully saturated rings. The molecule has 3 heteroatoms. The number of piperazine rings is 1. The Labute approximate surface area is 112 Å². The Bertz CT molecular complexity index is 315. The van der Waals surface area contributed by atoms with Gasteiger partial charge < -0.3 is 5.73 Å². The maximum Gasteiger partial charge on any atom is 0.0338 e. The molecule has 0 aromatic heterocycles. The lowest BCUT2D eigenvalue weighted by molar-refractivity contribution is 0.0161. The molecule has 0 aromatic carbocycles. The zero-order valence-corrected chi connectivity index (χ0v) is 12.1. The van der Waals surface area contributed by atoms with Gasteiger partial charge in [0.2, 0.25) is 0 Å². The number of nitrogens with zero attached hydrogens (tertiary/aromatic N) is 2. The van der Waals surface area contributed by atoms with E-state index in [1.54, 1.807) is 0 Å². The van der Waals surface area contributed by atoms with Gasteiger partial charge in [0.1, 0.15) is 0 Å². The number of fused-ring (bicyclic) bond motifs is 1. The fourth-order valence-electron chi connectivity index (χ4n) is 4.63. The maximum absolute atomic E-state index is 6.20. The molecule has 2 N–H and O–H groups in total. The molecule has 18 heavy (non-hydrogen) atoms. The van der Waals surface area contributed by atoms with Crippen molar-refractivity contribution in [1.29, 1.82) is 0 Å². The van der Waals surface area contributed by atoms with Crippen molar-refractivity contribution in [2.45, 2.75) is 57.5 Å². The third-order valence-electron chi connectivity index (χ3n) is 5.71. The fraction of sp³-hybridized carbons (Fsp3) is 1.00.